The van der Waals surface area contributed by atoms with Gasteiger partial charge in [-0.25, -0.2) is 4.79 Å². The fourth-order valence-electron chi connectivity index (χ4n) is 9.46. The van der Waals surface area contributed by atoms with Crippen molar-refractivity contribution in [3.63, 3.8) is 0 Å². The van der Waals surface area contributed by atoms with Crippen LogP contribution in [0.4, 0.5) is 4.79 Å². The second kappa shape index (κ2) is 16.3. The molecule has 2 N–H and O–H groups in total. The smallest absolute Gasteiger partial charge is 0.408 e. The average molecular weight is 767 g/mol. The molecule has 4 heterocycles. The van der Waals surface area contributed by atoms with Gasteiger partial charge in [0.1, 0.15) is 11.6 Å². The summed E-state index contributed by atoms with van der Waals surface area (Å²) in [6, 6.07) is 15.6. The second-order valence-electron chi connectivity index (χ2n) is 16.5. The standard InChI is InChI=1S/C45H58N4O7/c1-9-27-26-48-16-14-28-21-39(52-5)41(54-7)23-33(28)37(48)19-30(27)20-38-34-24-42(55-8)40(53-6)22-29(34)15-17-49(38)43(50)36(47-44(51)56-45(2,3)4)18-31-25-46-35-13-11-10-12-32(31)35/h10-13,21-25,27,30,36-38,46H,9,14-20,26H2,1-8H3,(H,47,51)/t27-,30+,36+,37-,38-/m0/s1. The van der Waals surface area contributed by atoms with Gasteiger partial charge in [0.2, 0.25) is 5.91 Å². The molecule has 1 aromatic heterocycles. The van der Waals surface area contributed by atoms with Crippen LogP contribution >= 0.6 is 0 Å². The minimum absolute atomic E-state index is 0.128. The van der Waals surface area contributed by atoms with E-state index in [1.54, 1.807) is 28.4 Å². The van der Waals surface area contributed by atoms with E-state index in [0.29, 0.717) is 42.7 Å². The third-order valence-electron chi connectivity index (χ3n) is 12.2. The van der Waals surface area contributed by atoms with Crippen molar-refractivity contribution in [1.82, 2.24) is 20.1 Å². The molecule has 2 amide bonds. The van der Waals surface area contributed by atoms with Crippen molar-refractivity contribution >= 4 is 22.9 Å². The molecule has 4 aromatic rings. The number of amides is 2. The number of piperidine rings is 1. The summed E-state index contributed by atoms with van der Waals surface area (Å²) < 4.78 is 28.8. The maximum atomic E-state index is 15.2. The summed E-state index contributed by atoms with van der Waals surface area (Å²) in [5.41, 5.74) is 6.04. The third-order valence-corrected chi connectivity index (χ3v) is 12.2. The molecule has 0 aliphatic carbocycles. The molecular weight excluding hydrogens is 709 g/mol. The summed E-state index contributed by atoms with van der Waals surface area (Å²) in [7, 11) is 6.69. The van der Waals surface area contributed by atoms with E-state index in [1.165, 1.54) is 11.1 Å². The highest BCUT2D eigenvalue weighted by Gasteiger charge is 2.43. The van der Waals surface area contributed by atoms with Gasteiger partial charge < -0.3 is 38.9 Å². The summed E-state index contributed by atoms with van der Waals surface area (Å²) in [5, 5.41) is 4.03. The normalized spacial score (nSPS) is 21.3. The molecule has 0 bridgehead atoms. The number of alkyl carbamates (subject to hydrolysis) is 1. The van der Waals surface area contributed by atoms with Crippen LogP contribution in [-0.2, 0) is 28.8 Å². The molecule has 5 atom stereocenters. The van der Waals surface area contributed by atoms with E-state index in [9.17, 15) is 4.79 Å². The zero-order valence-electron chi connectivity index (χ0n) is 34.2. The number of carbonyl (C=O) groups is 2. The van der Waals surface area contributed by atoms with Crippen LogP contribution in [-0.4, -0.2) is 86.5 Å². The van der Waals surface area contributed by atoms with E-state index >= 15 is 4.79 Å². The Hall–Kier alpha value is -4.90. The predicted octanol–water partition coefficient (Wildman–Crippen LogP) is 7.80. The Morgan fingerprint density at radius 1 is 0.857 bits per heavy atom. The quantitative estimate of drug-likeness (QED) is 0.159. The van der Waals surface area contributed by atoms with Gasteiger partial charge in [-0.2, -0.15) is 0 Å². The number of rotatable bonds is 11. The highest BCUT2D eigenvalue weighted by molar-refractivity contribution is 5.89. The number of carbonyl (C=O) groups excluding carboxylic acids is 2. The molecule has 0 radical (unpaired) electrons. The number of hydrogen-bond donors (Lipinski definition) is 2. The first-order chi connectivity index (χ1) is 26.9. The van der Waals surface area contributed by atoms with Crippen molar-refractivity contribution in [1.29, 1.82) is 0 Å². The van der Waals surface area contributed by atoms with Gasteiger partial charge in [-0.15, -0.1) is 0 Å². The number of nitrogens with one attached hydrogen (secondary N) is 2. The molecule has 7 rings (SSSR count). The summed E-state index contributed by atoms with van der Waals surface area (Å²) in [6.07, 6.45) is 6.02. The SMILES string of the molecule is CC[C@H]1CN2CCc3cc(OC)c(OC)cc3[C@@H]2C[C@@H]1C[C@H]1c2cc(OC)c(OC)cc2CCN1C(=O)[C@@H](Cc1c[nH]c2ccccc12)NC(=O)OC(C)(C)C. The Kier molecular flexibility index (Phi) is 11.4. The number of ether oxygens (including phenoxy) is 5. The average Bonchev–Trinajstić information content (AvgIpc) is 3.60. The molecule has 11 nitrogen and oxygen atoms in total. The maximum absolute atomic E-state index is 15.2. The lowest BCUT2D eigenvalue weighted by atomic mass is 9.72. The Labute approximate surface area is 331 Å². The third kappa shape index (κ3) is 7.88. The molecule has 0 saturated carbocycles. The van der Waals surface area contributed by atoms with Crippen molar-refractivity contribution in [2.24, 2.45) is 11.8 Å². The molecular formula is C45H58N4O7. The number of hydrogen-bond acceptors (Lipinski definition) is 8. The molecule has 3 aliphatic heterocycles. The number of H-pyrrole nitrogens is 1. The molecule has 300 valence electrons. The molecule has 1 saturated heterocycles. The van der Waals surface area contributed by atoms with E-state index in [2.05, 4.69) is 46.4 Å². The topological polar surface area (TPSA) is 115 Å². The number of nitrogens with zero attached hydrogens (tertiary/aromatic N) is 2. The van der Waals surface area contributed by atoms with Gasteiger partial charge in [0.25, 0.3) is 0 Å². The number of fused-ring (bicyclic) bond motifs is 5. The number of methoxy groups -OCH3 is 4. The molecule has 0 spiro atoms. The number of aromatic amines is 1. The minimum Gasteiger partial charge on any atom is -0.493 e. The van der Waals surface area contributed by atoms with E-state index < -0.39 is 17.7 Å². The van der Waals surface area contributed by atoms with Gasteiger partial charge in [-0.1, -0.05) is 31.5 Å². The van der Waals surface area contributed by atoms with Crippen LogP contribution in [0.15, 0.2) is 54.7 Å². The maximum Gasteiger partial charge on any atom is 0.408 e. The van der Waals surface area contributed by atoms with Gasteiger partial charge in [-0.05, 0) is 116 Å². The van der Waals surface area contributed by atoms with Gasteiger partial charge in [0.05, 0.1) is 34.5 Å². The Balaban J connectivity index is 1.26. The number of para-hydroxylation sites is 1. The zero-order valence-corrected chi connectivity index (χ0v) is 34.2. The predicted molar refractivity (Wildman–Crippen MR) is 217 cm³/mol. The first kappa shape index (κ1) is 39.3. The van der Waals surface area contributed by atoms with Crippen molar-refractivity contribution in [2.45, 2.75) is 89.9 Å². The summed E-state index contributed by atoms with van der Waals surface area (Å²) in [6.45, 7) is 10.3. The van der Waals surface area contributed by atoms with Crippen LogP contribution in [0.5, 0.6) is 23.0 Å². The van der Waals surface area contributed by atoms with Crippen LogP contribution in [0.2, 0.25) is 0 Å². The second-order valence-corrected chi connectivity index (χ2v) is 16.5. The zero-order chi connectivity index (χ0) is 39.7. The van der Waals surface area contributed by atoms with Gasteiger partial charge in [0.15, 0.2) is 23.0 Å². The fourth-order valence-corrected chi connectivity index (χ4v) is 9.46. The van der Waals surface area contributed by atoms with Crippen LogP contribution < -0.4 is 24.3 Å². The van der Waals surface area contributed by atoms with E-state index in [-0.39, 0.29) is 18.0 Å². The van der Waals surface area contributed by atoms with Crippen LogP contribution in [0.1, 0.15) is 86.9 Å². The van der Waals surface area contributed by atoms with Crippen molar-refractivity contribution in [3.05, 3.63) is 82.5 Å². The molecule has 0 unspecified atom stereocenters. The van der Waals surface area contributed by atoms with Gasteiger partial charge in [-0.3, -0.25) is 9.69 Å². The number of benzene rings is 3. The lowest BCUT2D eigenvalue weighted by Gasteiger charge is -2.49. The first-order valence-electron chi connectivity index (χ1n) is 20.0. The summed E-state index contributed by atoms with van der Waals surface area (Å²) in [5.74, 6) is 3.45. The molecule has 3 aromatic carbocycles. The Morgan fingerprint density at radius 2 is 1.48 bits per heavy atom. The molecule has 11 heteroatoms. The molecule has 56 heavy (non-hydrogen) atoms. The first-order valence-corrected chi connectivity index (χ1v) is 20.0. The largest absolute Gasteiger partial charge is 0.493 e. The van der Waals surface area contributed by atoms with Crippen LogP contribution in [0.3, 0.4) is 0 Å². The highest BCUT2D eigenvalue weighted by Crippen LogP contribution is 2.49. The van der Waals surface area contributed by atoms with Crippen LogP contribution in [0.25, 0.3) is 10.9 Å². The monoisotopic (exact) mass is 766 g/mol. The van der Waals surface area contributed by atoms with E-state index in [4.69, 9.17) is 23.7 Å². The lowest BCUT2D eigenvalue weighted by molar-refractivity contribution is -0.137. The Morgan fingerprint density at radius 3 is 2.14 bits per heavy atom. The molecule has 1 fully saturated rings. The Bertz CT molecular complexity index is 2050. The van der Waals surface area contributed by atoms with Crippen molar-refractivity contribution < 1.29 is 33.3 Å². The van der Waals surface area contributed by atoms with Crippen LogP contribution in [0, 0.1) is 11.8 Å². The minimum atomic E-state index is -0.857. The van der Waals surface area contributed by atoms with Crippen molar-refractivity contribution in [3.8, 4) is 23.0 Å². The lowest BCUT2D eigenvalue weighted by Crippen LogP contribution is -2.53. The van der Waals surface area contributed by atoms with E-state index in [0.717, 1.165) is 77.9 Å². The summed E-state index contributed by atoms with van der Waals surface area (Å²) in [4.78, 5) is 36.7. The van der Waals surface area contributed by atoms with Gasteiger partial charge in [0, 0.05) is 49.2 Å². The van der Waals surface area contributed by atoms with E-state index in [1.807, 2.05) is 56.1 Å². The van der Waals surface area contributed by atoms with Crippen molar-refractivity contribution in [2.75, 3.05) is 48.1 Å². The van der Waals surface area contributed by atoms with Gasteiger partial charge >= 0.3 is 6.09 Å². The summed E-state index contributed by atoms with van der Waals surface area (Å²) >= 11 is 0. The fraction of sp³-hybridized carbons (Fsp3) is 0.511. The number of aromatic nitrogens is 1. The molecule has 3 aliphatic rings. The highest BCUT2D eigenvalue weighted by atomic mass is 16.6.